The van der Waals surface area contributed by atoms with Crippen LogP contribution in [-0.2, 0) is 4.74 Å². The molecule has 0 spiro atoms. The monoisotopic (exact) mass is 512 g/mol. The highest BCUT2D eigenvalue weighted by Crippen LogP contribution is 2.27. The van der Waals surface area contributed by atoms with E-state index in [0.717, 1.165) is 6.42 Å². The second-order valence-electron chi connectivity index (χ2n) is 6.71. The zero-order valence-corrected chi connectivity index (χ0v) is 19.6. The van der Waals surface area contributed by atoms with Crippen LogP contribution in [0.15, 0.2) is 23.2 Å². The highest BCUT2D eigenvalue weighted by Gasteiger charge is 2.21. The Hall–Kier alpha value is -1.42. The maximum Gasteiger partial charge on any atom is 0.410 e. The van der Waals surface area contributed by atoms with Gasteiger partial charge in [-0.1, -0.05) is 18.5 Å². The second kappa shape index (κ2) is 12.1. The predicted molar refractivity (Wildman–Crippen MR) is 122 cm³/mol. The van der Waals surface area contributed by atoms with E-state index in [0.29, 0.717) is 36.1 Å². The summed E-state index contributed by atoms with van der Waals surface area (Å²) >= 11 is 6.08. The van der Waals surface area contributed by atoms with Crippen molar-refractivity contribution < 1.29 is 14.3 Å². The van der Waals surface area contributed by atoms with Crippen molar-refractivity contribution in [2.24, 2.45) is 10.7 Å². The molecule has 1 amide bonds. The van der Waals surface area contributed by atoms with Crippen LogP contribution < -0.4 is 15.8 Å². The van der Waals surface area contributed by atoms with Crippen molar-refractivity contribution in [1.29, 1.82) is 0 Å². The molecule has 3 N–H and O–H groups in total. The van der Waals surface area contributed by atoms with Crippen molar-refractivity contribution in [2.45, 2.75) is 39.7 Å². The molecule has 0 heterocycles. The van der Waals surface area contributed by atoms with Gasteiger partial charge in [-0.15, -0.1) is 24.0 Å². The summed E-state index contributed by atoms with van der Waals surface area (Å²) in [5, 5.41) is 3.44. The van der Waals surface area contributed by atoms with Gasteiger partial charge >= 0.3 is 6.09 Å². The minimum Gasteiger partial charge on any atom is -0.495 e. The molecule has 0 unspecified atom stereocenters. The summed E-state index contributed by atoms with van der Waals surface area (Å²) in [7, 11) is 1.55. The van der Waals surface area contributed by atoms with E-state index in [1.165, 1.54) is 0 Å². The van der Waals surface area contributed by atoms with E-state index in [-0.39, 0.29) is 36.0 Å². The third-order valence-corrected chi connectivity index (χ3v) is 3.52. The predicted octanol–water partition coefficient (Wildman–Crippen LogP) is 4.34. The number of halogens is 2. The number of ether oxygens (including phenoxy) is 2. The fourth-order valence-electron chi connectivity index (χ4n) is 2.11. The molecule has 0 aliphatic rings. The van der Waals surface area contributed by atoms with E-state index >= 15 is 0 Å². The molecule has 0 aromatic heterocycles. The van der Waals surface area contributed by atoms with E-state index in [4.69, 9.17) is 26.8 Å². The lowest BCUT2D eigenvalue weighted by molar-refractivity contribution is 0.0256. The molecule has 0 aliphatic carbocycles. The standard InChI is InChI=1S/C18H29ClN4O3.HI/c1-6-10-23(17(24)26-18(2,3)4)11-9-21-16(20)22-13-7-8-15(25-5)14(19)12-13;/h7-8,12H,6,9-11H2,1-5H3,(H3,20,21,22);1H. The average molecular weight is 513 g/mol. The third-order valence-electron chi connectivity index (χ3n) is 3.22. The summed E-state index contributed by atoms with van der Waals surface area (Å²) < 4.78 is 10.5. The third kappa shape index (κ3) is 9.90. The molecule has 0 atom stereocenters. The number of hydrogen-bond acceptors (Lipinski definition) is 4. The van der Waals surface area contributed by atoms with Crippen LogP contribution in [0.25, 0.3) is 0 Å². The van der Waals surface area contributed by atoms with Gasteiger partial charge in [0.25, 0.3) is 0 Å². The number of carbonyl (C=O) groups excluding carboxylic acids is 1. The summed E-state index contributed by atoms with van der Waals surface area (Å²) in [6.45, 7) is 8.92. The van der Waals surface area contributed by atoms with Crippen molar-refractivity contribution in [3.63, 3.8) is 0 Å². The number of carbonyl (C=O) groups is 1. The van der Waals surface area contributed by atoms with E-state index in [1.807, 2.05) is 27.7 Å². The second-order valence-corrected chi connectivity index (χ2v) is 7.12. The Morgan fingerprint density at radius 2 is 2.00 bits per heavy atom. The van der Waals surface area contributed by atoms with Gasteiger partial charge in [0.15, 0.2) is 5.96 Å². The Balaban J connectivity index is 0.00000676. The molecule has 7 nitrogen and oxygen atoms in total. The minimum atomic E-state index is -0.527. The fourth-order valence-corrected chi connectivity index (χ4v) is 2.37. The van der Waals surface area contributed by atoms with E-state index in [9.17, 15) is 4.79 Å². The van der Waals surface area contributed by atoms with Crippen LogP contribution in [0.2, 0.25) is 5.02 Å². The van der Waals surface area contributed by atoms with Crippen LogP contribution in [0, 0.1) is 0 Å². The number of amides is 1. The lowest BCUT2D eigenvalue weighted by Gasteiger charge is -2.26. The Morgan fingerprint density at radius 1 is 1.33 bits per heavy atom. The van der Waals surface area contributed by atoms with Crippen LogP contribution >= 0.6 is 35.6 Å². The number of nitrogens with two attached hydrogens (primary N) is 1. The molecule has 0 bridgehead atoms. The van der Waals surface area contributed by atoms with Gasteiger partial charge in [-0.2, -0.15) is 0 Å². The number of nitrogens with zero attached hydrogens (tertiary/aromatic N) is 2. The molecular formula is C18H30ClIN4O3. The zero-order chi connectivity index (χ0) is 19.7. The summed E-state index contributed by atoms with van der Waals surface area (Å²) in [5.74, 6) is 0.826. The molecule has 0 fully saturated rings. The number of aliphatic imine (C=N–C) groups is 1. The van der Waals surface area contributed by atoms with E-state index < -0.39 is 5.60 Å². The Morgan fingerprint density at radius 3 is 2.52 bits per heavy atom. The van der Waals surface area contributed by atoms with Gasteiger partial charge in [0.2, 0.25) is 0 Å². The molecule has 0 radical (unpaired) electrons. The molecular weight excluding hydrogens is 483 g/mol. The lowest BCUT2D eigenvalue weighted by atomic mass is 10.2. The first-order valence-corrected chi connectivity index (χ1v) is 8.92. The molecule has 27 heavy (non-hydrogen) atoms. The number of benzene rings is 1. The van der Waals surface area contributed by atoms with Crippen LogP contribution in [0.5, 0.6) is 5.75 Å². The number of nitrogens with one attached hydrogen (secondary N) is 1. The molecule has 1 aromatic carbocycles. The van der Waals surface area contributed by atoms with Crippen LogP contribution in [-0.4, -0.2) is 49.3 Å². The Labute approximate surface area is 183 Å². The van der Waals surface area contributed by atoms with Gasteiger partial charge in [-0.25, -0.2) is 4.79 Å². The molecule has 0 saturated carbocycles. The molecule has 1 aromatic rings. The van der Waals surface area contributed by atoms with Crippen LogP contribution in [0.4, 0.5) is 10.5 Å². The summed E-state index contributed by atoms with van der Waals surface area (Å²) in [6.07, 6.45) is 0.490. The van der Waals surface area contributed by atoms with Crippen molar-refractivity contribution >= 4 is 53.3 Å². The highest BCUT2D eigenvalue weighted by molar-refractivity contribution is 14.0. The van der Waals surface area contributed by atoms with Crippen molar-refractivity contribution in [3.05, 3.63) is 23.2 Å². The SMILES string of the molecule is CCCN(CCN=C(N)Nc1ccc(OC)c(Cl)c1)C(=O)OC(C)(C)C.I. The van der Waals surface area contributed by atoms with Gasteiger partial charge < -0.3 is 25.4 Å². The van der Waals surface area contributed by atoms with Crippen molar-refractivity contribution in [3.8, 4) is 5.75 Å². The summed E-state index contributed by atoms with van der Waals surface area (Å²) in [5.41, 5.74) is 6.07. The first-order chi connectivity index (χ1) is 12.2. The van der Waals surface area contributed by atoms with Gasteiger partial charge in [0.05, 0.1) is 18.7 Å². The minimum absolute atomic E-state index is 0. The van der Waals surface area contributed by atoms with Gasteiger partial charge in [0.1, 0.15) is 11.4 Å². The molecule has 9 heteroatoms. The zero-order valence-electron chi connectivity index (χ0n) is 16.5. The number of anilines is 1. The number of methoxy groups -OCH3 is 1. The van der Waals surface area contributed by atoms with Gasteiger partial charge in [-0.3, -0.25) is 4.99 Å². The Kier molecular flexibility index (Phi) is 11.5. The number of rotatable bonds is 7. The Bertz CT molecular complexity index is 636. The smallest absolute Gasteiger partial charge is 0.410 e. The topological polar surface area (TPSA) is 89.2 Å². The number of hydrogen-bond donors (Lipinski definition) is 2. The van der Waals surface area contributed by atoms with E-state index in [2.05, 4.69) is 10.3 Å². The quantitative estimate of drug-likeness (QED) is 0.322. The van der Waals surface area contributed by atoms with Gasteiger partial charge in [0, 0.05) is 18.8 Å². The first kappa shape index (κ1) is 25.6. The number of guanidine groups is 1. The lowest BCUT2D eigenvalue weighted by Crippen LogP contribution is -2.39. The molecule has 1 rings (SSSR count). The maximum absolute atomic E-state index is 12.2. The van der Waals surface area contributed by atoms with Crippen LogP contribution in [0.1, 0.15) is 34.1 Å². The first-order valence-electron chi connectivity index (χ1n) is 8.54. The summed E-state index contributed by atoms with van der Waals surface area (Å²) in [6, 6.07) is 5.23. The van der Waals surface area contributed by atoms with Gasteiger partial charge in [-0.05, 0) is 45.4 Å². The molecule has 0 aliphatic heterocycles. The molecule has 0 saturated heterocycles. The molecule has 154 valence electrons. The van der Waals surface area contributed by atoms with E-state index in [1.54, 1.807) is 30.2 Å². The average Bonchev–Trinajstić information content (AvgIpc) is 2.52. The van der Waals surface area contributed by atoms with Crippen molar-refractivity contribution in [2.75, 3.05) is 32.1 Å². The fraction of sp³-hybridized carbons (Fsp3) is 0.556. The maximum atomic E-state index is 12.2. The van der Waals surface area contributed by atoms with Crippen LogP contribution in [0.3, 0.4) is 0 Å². The van der Waals surface area contributed by atoms with Crippen molar-refractivity contribution in [1.82, 2.24) is 4.90 Å². The normalized spacial score (nSPS) is 11.4. The largest absolute Gasteiger partial charge is 0.495 e. The summed E-state index contributed by atoms with van der Waals surface area (Å²) in [4.78, 5) is 18.1. The highest BCUT2D eigenvalue weighted by atomic mass is 127.